The fraction of sp³-hybridized carbons (Fsp3) is 0.160. The van der Waals surface area contributed by atoms with Crippen LogP contribution in [0.15, 0.2) is 94.9 Å². The van der Waals surface area contributed by atoms with Crippen molar-refractivity contribution in [2.24, 2.45) is 10.8 Å². The summed E-state index contributed by atoms with van der Waals surface area (Å²) in [5.41, 5.74) is 9.03. The third-order valence-electron chi connectivity index (χ3n) is 4.86. The maximum absolute atomic E-state index is 13.2. The third kappa shape index (κ3) is 8.05. The lowest BCUT2D eigenvalue weighted by Gasteiger charge is -2.21. The second-order valence-corrected chi connectivity index (χ2v) is 9.44. The molecule has 35 heavy (non-hydrogen) atoms. The van der Waals surface area contributed by atoms with Crippen LogP contribution in [0.5, 0.6) is 5.75 Å². The topological polar surface area (TPSA) is 131 Å². The number of nitrogens with zero attached hydrogens (tertiary/aromatic N) is 2. The molecule has 9 nitrogen and oxygen atoms in total. The number of nitrogens with one attached hydrogen (secondary N) is 1. The van der Waals surface area contributed by atoms with Crippen molar-refractivity contribution in [3.8, 4) is 5.75 Å². The lowest BCUT2D eigenvalue weighted by Crippen LogP contribution is -2.40. The third-order valence-corrected chi connectivity index (χ3v) is 6.72. The molecule has 0 saturated carbocycles. The van der Waals surface area contributed by atoms with Gasteiger partial charge >= 0.3 is 0 Å². The number of hydrogen-bond acceptors (Lipinski definition) is 6. The predicted octanol–water partition coefficient (Wildman–Crippen LogP) is 1.93. The van der Waals surface area contributed by atoms with Gasteiger partial charge in [-0.1, -0.05) is 48.5 Å². The Balaban J connectivity index is 1.64. The number of primary amides is 1. The van der Waals surface area contributed by atoms with Crippen LogP contribution in [-0.4, -0.2) is 50.4 Å². The molecule has 0 spiro atoms. The molecule has 0 heterocycles. The minimum atomic E-state index is -3.89. The first-order chi connectivity index (χ1) is 16.8. The summed E-state index contributed by atoms with van der Waals surface area (Å²) >= 11 is 0. The summed E-state index contributed by atoms with van der Waals surface area (Å²) in [6.45, 7) is -0.484. The lowest BCUT2D eigenvalue weighted by molar-refractivity contribution is -0.121. The molecule has 0 aliphatic rings. The molecule has 0 radical (unpaired) electrons. The number of carbonyl (C=O) groups is 2. The van der Waals surface area contributed by atoms with E-state index in [2.05, 4.69) is 10.5 Å². The normalized spacial score (nSPS) is 11.5. The zero-order valence-electron chi connectivity index (χ0n) is 18.9. The second kappa shape index (κ2) is 12.4. The highest BCUT2D eigenvalue weighted by atomic mass is 32.2. The van der Waals surface area contributed by atoms with E-state index in [1.165, 1.54) is 18.3 Å². The van der Waals surface area contributed by atoms with Gasteiger partial charge in [0.2, 0.25) is 10.0 Å². The van der Waals surface area contributed by atoms with E-state index in [0.717, 1.165) is 9.87 Å². The molecule has 0 saturated heterocycles. The fourth-order valence-corrected chi connectivity index (χ4v) is 4.52. The maximum atomic E-state index is 13.2. The first kappa shape index (κ1) is 25.6. The quantitative estimate of drug-likeness (QED) is 0.293. The van der Waals surface area contributed by atoms with E-state index in [4.69, 9.17) is 10.5 Å². The summed E-state index contributed by atoms with van der Waals surface area (Å²) in [6.07, 6.45) is 1.86. The summed E-state index contributed by atoms with van der Waals surface area (Å²) in [5.74, 6) is -0.689. The summed E-state index contributed by atoms with van der Waals surface area (Å²) in [5, 5.41) is 3.91. The smallest absolute Gasteiger partial charge is 0.255 e. The van der Waals surface area contributed by atoms with Gasteiger partial charge in [0.25, 0.3) is 11.8 Å². The fourth-order valence-electron chi connectivity index (χ4n) is 3.10. The van der Waals surface area contributed by atoms with Crippen molar-refractivity contribution in [3.63, 3.8) is 0 Å². The molecule has 0 aliphatic heterocycles. The van der Waals surface area contributed by atoms with Crippen molar-refractivity contribution < 1.29 is 22.7 Å². The van der Waals surface area contributed by atoms with Crippen molar-refractivity contribution in [2.45, 2.75) is 11.3 Å². The highest BCUT2D eigenvalue weighted by molar-refractivity contribution is 7.89. The monoisotopic (exact) mass is 494 g/mol. The molecule has 0 fully saturated rings. The Hall–Kier alpha value is -4.02. The molecule has 3 rings (SSSR count). The molecule has 10 heteroatoms. The Morgan fingerprint density at radius 2 is 1.57 bits per heavy atom. The summed E-state index contributed by atoms with van der Waals surface area (Å²) < 4.78 is 32.7. The maximum Gasteiger partial charge on any atom is 0.255 e. The van der Waals surface area contributed by atoms with Gasteiger partial charge in [-0.25, -0.2) is 13.8 Å². The van der Waals surface area contributed by atoms with Gasteiger partial charge in [0.15, 0.2) is 6.61 Å². The first-order valence-corrected chi connectivity index (χ1v) is 12.2. The molecule has 0 aromatic heterocycles. The standard InChI is InChI=1S/C25H26N4O5S/c26-24(30)19-34-22-13-11-21(12-14-22)17-27-28-25(31)18-29(16-15-20-7-3-1-4-8-20)35(32,33)23-9-5-2-6-10-23/h1-14,17H,15-16,18-19H2,(H2,26,30)(H,28,31)/b27-17-. The van der Waals surface area contributed by atoms with E-state index in [9.17, 15) is 18.0 Å². The molecule has 182 valence electrons. The van der Waals surface area contributed by atoms with E-state index in [1.807, 2.05) is 30.3 Å². The number of rotatable bonds is 12. The van der Waals surface area contributed by atoms with Gasteiger partial charge in [-0.3, -0.25) is 9.59 Å². The number of hydrogen-bond donors (Lipinski definition) is 2. The van der Waals surface area contributed by atoms with Gasteiger partial charge in [-0.15, -0.1) is 0 Å². The predicted molar refractivity (Wildman–Crippen MR) is 132 cm³/mol. The van der Waals surface area contributed by atoms with Crippen molar-refractivity contribution in [2.75, 3.05) is 19.7 Å². The van der Waals surface area contributed by atoms with Gasteiger partial charge < -0.3 is 10.5 Å². The Kier molecular flexibility index (Phi) is 9.10. The van der Waals surface area contributed by atoms with Crippen molar-refractivity contribution in [1.29, 1.82) is 0 Å². The molecule has 0 aliphatic carbocycles. The van der Waals surface area contributed by atoms with Crippen LogP contribution in [0.2, 0.25) is 0 Å². The molecule has 3 N–H and O–H groups in total. The number of sulfonamides is 1. The van der Waals surface area contributed by atoms with Gasteiger partial charge in [0.05, 0.1) is 17.7 Å². The summed E-state index contributed by atoms with van der Waals surface area (Å²) in [6, 6.07) is 24.1. The van der Waals surface area contributed by atoms with E-state index in [1.54, 1.807) is 42.5 Å². The number of nitrogens with two attached hydrogens (primary N) is 1. The van der Waals surface area contributed by atoms with E-state index in [-0.39, 0.29) is 24.6 Å². The first-order valence-electron chi connectivity index (χ1n) is 10.8. The van der Waals surface area contributed by atoms with Crippen LogP contribution < -0.4 is 15.9 Å². The van der Waals surface area contributed by atoms with Crippen molar-refractivity contribution in [1.82, 2.24) is 9.73 Å². The number of benzene rings is 3. The van der Waals surface area contributed by atoms with Crippen LogP contribution in [0.3, 0.4) is 0 Å². The number of hydrazone groups is 1. The summed E-state index contributed by atoms with van der Waals surface area (Å²) in [4.78, 5) is 23.4. The van der Waals surface area contributed by atoms with E-state index >= 15 is 0 Å². The minimum absolute atomic E-state index is 0.114. The Morgan fingerprint density at radius 3 is 2.20 bits per heavy atom. The zero-order chi connectivity index (χ0) is 25.1. The molecule has 0 unspecified atom stereocenters. The van der Waals surface area contributed by atoms with Crippen LogP contribution >= 0.6 is 0 Å². The number of ether oxygens (including phenoxy) is 1. The largest absolute Gasteiger partial charge is 0.484 e. The van der Waals surface area contributed by atoms with Crippen molar-refractivity contribution >= 4 is 28.1 Å². The van der Waals surface area contributed by atoms with Gasteiger partial charge in [-0.05, 0) is 53.9 Å². The number of carbonyl (C=O) groups excluding carboxylic acids is 2. The Bertz CT molecular complexity index is 1250. The van der Waals surface area contributed by atoms with Gasteiger partial charge in [0.1, 0.15) is 5.75 Å². The van der Waals surface area contributed by atoms with Crippen molar-refractivity contribution in [3.05, 3.63) is 96.1 Å². The average molecular weight is 495 g/mol. The van der Waals surface area contributed by atoms with Crippen LogP contribution in [-0.2, 0) is 26.0 Å². The van der Waals surface area contributed by atoms with Gasteiger partial charge in [-0.2, -0.15) is 9.41 Å². The molecule has 3 aromatic carbocycles. The summed E-state index contributed by atoms with van der Waals surface area (Å²) in [7, 11) is -3.89. The Morgan fingerprint density at radius 1 is 0.943 bits per heavy atom. The van der Waals surface area contributed by atoms with Crippen LogP contribution in [0.25, 0.3) is 0 Å². The Labute approximate surface area is 204 Å². The van der Waals surface area contributed by atoms with Gasteiger partial charge in [0, 0.05) is 6.54 Å². The lowest BCUT2D eigenvalue weighted by atomic mass is 10.1. The number of amides is 2. The molecule has 0 atom stereocenters. The van der Waals surface area contributed by atoms with Crippen LogP contribution in [0.4, 0.5) is 0 Å². The second-order valence-electron chi connectivity index (χ2n) is 7.50. The highest BCUT2D eigenvalue weighted by Crippen LogP contribution is 2.16. The molecular weight excluding hydrogens is 468 g/mol. The van der Waals surface area contributed by atoms with Crippen LogP contribution in [0, 0.1) is 0 Å². The zero-order valence-corrected chi connectivity index (χ0v) is 19.7. The van der Waals surface area contributed by atoms with E-state index < -0.39 is 21.8 Å². The minimum Gasteiger partial charge on any atom is -0.484 e. The molecule has 3 aromatic rings. The van der Waals surface area contributed by atoms with Crippen LogP contribution in [0.1, 0.15) is 11.1 Å². The molecular formula is C25H26N4O5S. The molecule has 2 amide bonds. The SMILES string of the molecule is NC(=O)COc1ccc(/C=N\NC(=O)CN(CCc2ccccc2)S(=O)(=O)c2ccccc2)cc1. The highest BCUT2D eigenvalue weighted by Gasteiger charge is 2.26. The van der Waals surface area contributed by atoms with E-state index in [0.29, 0.717) is 17.7 Å². The average Bonchev–Trinajstić information content (AvgIpc) is 2.87. The molecule has 0 bridgehead atoms.